The predicted octanol–water partition coefficient (Wildman–Crippen LogP) is -0.349. The second kappa shape index (κ2) is 4.77. The Morgan fingerprint density at radius 1 is 1.50 bits per heavy atom. The van der Waals surface area contributed by atoms with Crippen LogP contribution in [0.4, 0.5) is 10.2 Å². The van der Waals surface area contributed by atoms with Crippen LogP contribution in [-0.4, -0.2) is 54.7 Å². The molecule has 1 fully saturated rings. The lowest BCUT2D eigenvalue weighted by Crippen LogP contribution is -2.30. The van der Waals surface area contributed by atoms with Crippen LogP contribution in [0.5, 0.6) is 0 Å². The van der Waals surface area contributed by atoms with Gasteiger partial charge in [-0.15, -0.1) is 0 Å². The monoisotopic (exact) mass is 303 g/mol. The lowest BCUT2D eigenvalue weighted by Gasteiger charge is -2.15. The van der Waals surface area contributed by atoms with Crippen molar-refractivity contribution in [2.24, 2.45) is 0 Å². The molecule has 8 nitrogen and oxygen atoms in total. The van der Waals surface area contributed by atoms with Gasteiger partial charge in [0.05, 0.1) is 12.9 Å². The molecule has 4 N–H and O–H groups in total. The summed E-state index contributed by atoms with van der Waals surface area (Å²) < 4.78 is 20.6. The predicted molar refractivity (Wildman–Crippen MR) is 66.6 cm³/mol. The first kappa shape index (κ1) is 13.4. The highest BCUT2D eigenvalue weighted by atomic mass is 35.5. The van der Waals surface area contributed by atoms with Gasteiger partial charge in [-0.05, 0) is 11.6 Å². The molecule has 1 aliphatic rings. The van der Waals surface area contributed by atoms with Gasteiger partial charge in [-0.25, -0.2) is 9.37 Å². The van der Waals surface area contributed by atoms with Gasteiger partial charge in [0.25, 0.3) is 0 Å². The highest BCUT2D eigenvalue weighted by molar-refractivity contribution is 6.28. The van der Waals surface area contributed by atoms with E-state index in [9.17, 15) is 9.50 Å². The number of nitrogens with two attached hydrogens (primary N) is 1. The number of nitrogen functional groups attached to an aromatic ring is 1. The standard InChI is InChI=1S/C10H11ClFN5O3/c11-10-15-7(13)5-8(16-10)17(2-14-5)9-4(12)6(19)3(1-18)20-9/h2-4,6,9,18-19H,1H2,(H2,13,15,16)/t3-,4+,6-,9+/m0/s1. The van der Waals surface area contributed by atoms with Crippen molar-refractivity contribution in [2.45, 2.75) is 24.6 Å². The van der Waals surface area contributed by atoms with Crippen molar-refractivity contribution in [1.82, 2.24) is 19.5 Å². The van der Waals surface area contributed by atoms with Crippen molar-refractivity contribution in [3.05, 3.63) is 11.6 Å². The first-order valence-electron chi connectivity index (χ1n) is 5.77. The summed E-state index contributed by atoms with van der Waals surface area (Å²) in [6, 6.07) is 0. The Balaban J connectivity index is 2.07. The summed E-state index contributed by atoms with van der Waals surface area (Å²) in [5, 5.41) is 18.6. The number of nitrogens with zero attached hydrogens (tertiary/aromatic N) is 4. The van der Waals surface area contributed by atoms with E-state index in [-0.39, 0.29) is 22.3 Å². The van der Waals surface area contributed by atoms with Crippen LogP contribution in [0.15, 0.2) is 6.33 Å². The van der Waals surface area contributed by atoms with Gasteiger partial charge in [-0.1, -0.05) is 0 Å². The van der Waals surface area contributed by atoms with Crippen molar-refractivity contribution in [3.8, 4) is 0 Å². The Labute approximate surface area is 117 Å². The van der Waals surface area contributed by atoms with E-state index in [4.69, 9.17) is 27.2 Å². The van der Waals surface area contributed by atoms with E-state index in [0.29, 0.717) is 0 Å². The molecule has 1 saturated heterocycles. The van der Waals surface area contributed by atoms with Gasteiger partial charge < -0.3 is 20.7 Å². The summed E-state index contributed by atoms with van der Waals surface area (Å²) >= 11 is 5.71. The number of aromatic nitrogens is 4. The molecule has 0 saturated carbocycles. The third-order valence-electron chi connectivity index (χ3n) is 3.17. The smallest absolute Gasteiger partial charge is 0.226 e. The molecule has 1 aliphatic heterocycles. The Morgan fingerprint density at radius 2 is 2.25 bits per heavy atom. The average molecular weight is 304 g/mol. The fourth-order valence-electron chi connectivity index (χ4n) is 2.18. The number of hydrogen-bond donors (Lipinski definition) is 3. The Hall–Kier alpha value is -1.55. The van der Waals surface area contributed by atoms with Crippen molar-refractivity contribution in [2.75, 3.05) is 12.3 Å². The maximum atomic E-state index is 14.1. The molecule has 0 amide bonds. The first-order chi connectivity index (χ1) is 9.52. The minimum Gasteiger partial charge on any atom is -0.394 e. The molecule has 2 aromatic rings. The second-order valence-corrected chi connectivity index (χ2v) is 4.72. The van der Waals surface area contributed by atoms with Crippen LogP contribution in [0.1, 0.15) is 6.23 Å². The van der Waals surface area contributed by atoms with Gasteiger partial charge in [0, 0.05) is 0 Å². The normalized spacial score (nSPS) is 30.2. The van der Waals surface area contributed by atoms with E-state index in [2.05, 4.69) is 15.0 Å². The van der Waals surface area contributed by atoms with Gasteiger partial charge in [-0.3, -0.25) is 4.57 Å². The van der Waals surface area contributed by atoms with E-state index < -0.39 is 31.2 Å². The van der Waals surface area contributed by atoms with Crippen LogP contribution < -0.4 is 5.73 Å². The quantitative estimate of drug-likeness (QED) is 0.649. The van der Waals surface area contributed by atoms with Crippen LogP contribution in [0, 0.1) is 0 Å². The van der Waals surface area contributed by atoms with Crippen LogP contribution >= 0.6 is 11.6 Å². The number of halogens is 2. The van der Waals surface area contributed by atoms with E-state index in [1.54, 1.807) is 0 Å². The van der Waals surface area contributed by atoms with E-state index in [0.717, 1.165) is 0 Å². The third kappa shape index (κ3) is 1.90. The zero-order chi connectivity index (χ0) is 14.4. The minimum absolute atomic E-state index is 0.0615. The third-order valence-corrected chi connectivity index (χ3v) is 3.34. The summed E-state index contributed by atoms with van der Waals surface area (Å²) in [6.07, 6.45) is -4.08. The number of aliphatic hydroxyl groups excluding tert-OH is 2. The minimum atomic E-state index is -1.74. The maximum Gasteiger partial charge on any atom is 0.226 e. The van der Waals surface area contributed by atoms with Crippen LogP contribution in [0.25, 0.3) is 11.2 Å². The SMILES string of the molecule is Nc1nc(Cl)nc2c1ncn2[C@@H]1O[C@@H](CO)[C@H](O)[C@H]1F. The molecule has 108 valence electrons. The Bertz CT molecular complexity index is 653. The maximum absolute atomic E-state index is 14.1. The number of fused-ring (bicyclic) bond motifs is 1. The molecular formula is C10H11ClFN5O3. The zero-order valence-corrected chi connectivity index (χ0v) is 10.8. The molecule has 0 spiro atoms. The molecule has 0 unspecified atom stereocenters. The number of alkyl halides is 1. The Morgan fingerprint density at radius 3 is 2.90 bits per heavy atom. The fourth-order valence-corrected chi connectivity index (χ4v) is 2.35. The highest BCUT2D eigenvalue weighted by Gasteiger charge is 2.45. The van der Waals surface area contributed by atoms with Crippen molar-refractivity contribution < 1.29 is 19.3 Å². The molecule has 10 heteroatoms. The average Bonchev–Trinajstić information content (AvgIpc) is 2.93. The molecule has 2 aromatic heterocycles. The molecule has 20 heavy (non-hydrogen) atoms. The lowest BCUT2D eigenvalue weighted by atomic mass is 10.1. The van der Waals surface area contributed by atoms with Crippen LogP contribution in [-0.2, 0) is 4.74 Å². The molecule has 3 heterocycles. The molecule has 0 aliphatic carbocycles. The topological polar surface area (TPSA) is 119 Å². The molecular weight excluding hydrogens is 293 g/mol. The van der Waals surface area contributed by atoms with Gasteiger partial charge in [0.1, 0.15) is 17.7 Å². The molecule has 4 atom stereocenters. The number of hydrogen-bond acceptors (Lipinski definition) is 7. The summed E-state index contributed by atoms with van der Waals surface area (Å²) in [7, 11) is 0. The zero-order valence-electron chi connectivity index (χ0n) is 10.0. The van der Waals surface area contributed by atoms with Gasteiger partial charge >= 0.3 is 0 Å². The highest BCUT2D eigenvalue weighted by Crippen LogP contribution is 2.34. The number of rotatable bonds is 2. The number of anilines is 1. The van der Waals surface area contributed by atoms with Crippen molar-refractivity contribution in [3.63, 3.8) is 0 Å². The fraction of sp³-hybridized carbons (Fsp3) is 0.500. The second-order valence-electron chi connectivity index (χ2n) is 4.38. The van der Waals surface area contributed by atoms with E-state index in [1.165, 1.54) is 10.9 Å². The van der Waals surface area contributed by atoms with Gasteiger partial charge in [0.2, 0.25) is 5.28 Å². The van der Waals surface area contributed by atoms with Gasteiger partial charge in [-0.2, -0.15) is 9.97 Å². The first-order valence-corrected chi connectivity index (χ1v) is 6.14. The van der Waals surface area contributed by atoms with Crippen molar-refractivity contribution >= 4 is 28.6 Å². The number of aliphatic hydroxyl groups is 2. The summed E-state index contributed by atoms with van der Waals surface area (Å²) in [4.78, 5) is 11.7. The molecule has 0 bridgehead atoms. The molecule has 3 rings (SSSR count). The number of imidazole rings is 1. The molecule has 0 aromatic carbocycles. The van der Waals surface area contributed by atoms with E-state index in [1.807, 2.05) is 0 Å². The molecule has 0 radical (unpaired) electrons. The van der Waals surface area contributed by atoms with Crippen LogP contribution in [0.3, 0.4) is 0 Å². The lowest BCUT2D eigenvalue weighted by molar-refractivity contribution is -0.0459. The van der Waals surface area contributed by atoms with Crippen molar-refractivity contribution in [1.29, 1.82) is 0 Å². The summed E-state index contributed by atoms with van der Waals surface area (Å²) in [6.45, 7) is -0.497. The summed E-state index contributed by atoms with van der Waals surface area (Å²) in [5.74, 6) is 0.0615. The van der Waals surface area contributed by atoms with Gasteiger partial charge in [0.15, 0.2) is 23.9 Å². The largest absolute Gasteiger partial charge is 0.394 e. The Kier molecular flexibility index (Phi) is 3.21. The van der Waals surface area contributed by atoms with Crippen LogP contribution in [0.2, 0.25) is 5.28 Å². The van der Waals surface area contributed by atoms with E-state index >= 15 is 0 Å². The summed E-state index contributed by atoms with van der Waals surface area (Å²) in [5.41, 5.74) is 6.10. The number of ether oxygens (including phenoxy) is 1.